The molecule has 6 heteroatoms. The summed E-state index contributed by atoms with van der Waals surface area (Å²) in [7, 11) is 0. The van der Waals surface area contributed by atoms with Gasteiger partial charge in [0.25, 0.3) is 0 Å². The number of rotatable bonds is 5. The van der Waals surface area contributed by atoms with Gasteiger partial charge < -0.3 is 15.1 Å². The van der Waals surface area contributed by atoms with Crippen LogP contribution in [0.2, 0.25) is 0 Å². The van der Waals surface area contributed by atoms with Crippen LogP contribution in [0.3, 0.4) is 0 Å². The van der Waals surface area contributed by atoms with Crippen LogP contribution in [0.5, 0.6) is 0 Å². The van der Waals surface area contributed by atoms with Crippen molar-refractivity contribution in [2.45, 2.75) is 57.4 Å². The molecule has 25 heavy (non-hydrogen) atoms. The average Bonchev–Trinajstić information content (AvgIpc) is 3.52. The van der Waals surface area contributed by atoms with Gasteiger partial charge in [-0.1, -0.05) is 0 Å². The minimum Gasteiger partial charge on any atom is -0.342 e. The molecule has 4 rings (SSSR count). The molecule has 0 radical (unpaired) electrons. The summed E-state index contributed by atoms with van der Waals surface area (Å²) in [5.74, 6) is 1.82. The molecule has 1 N–H and O–H groups in total. The molecular weight excluding hydrogens is 338 g/mol. The van der Waals surface area contributed by atoms with E-state index in [4.69, 9.17) is 0 Å². The van der Waals surface area contributed by atoms with Gasteiger partial charge in [0.05, 0.1) is 5.92 Å². The quantitative estimate of drug-likeness (QED) is 0.806. The van der Waals surface area contributed by atoms with E-state index in [0.29, 0.717) is 24.4 Å². The van der Waals surface area contributed by atoms with Crippen molar-refractivity contribution in [3.63, 3.8) is 0 Å². The first kappa shape index (κ1) is 19.0. The Kier molecular flexibility index (Phi) is 6.26. The molecule has 0 aromatic carbocycles. The van der Waals surface area contributed by atoms with Gasteiger partial charge in [0.2, 0.25) is 11.8 Å². The Morgan fingerprint density at radius 2 is 1.48 bits per heavy atom. The Balaban J connectivity index is 0.00000182. The maximum atomic E-state index is 12.9. The minimum atomic E-state index is 0. The number of piperidine rings is 2. The molecule has 4 aliphatic rings. The van der Waals surface area contributed by atoms with Crippen molar-refractivity contribution in [2.24, 2.45) is 17.8 Å². The Morgan fingerprint density at radius 3 is 2.12 bits per heavy atom. The van der Waals surface area contributed by atoms with Gasteiger partial charge >= 0.3 is 0 Å². The molecule has 0 bridgehead atoms. The van der Waals surface area contributed by atoms with Gasteiger partial charge in [-0.15, -0.1) is 12.4 Å². The molecule has 4 fully saturated rings. The average molecular weight is 370 g/mol. The fourth-order valence-electron chi connectivity index (χ4n) is 4.18. The highest BCUT2D eigenvalue weighted by molar-refractivity contribution is 5.85. The lowest BCUT2D eigenvalue weighted by molar-refractivity contribution is -0.142. The third-order valence-corrected chi connectivity index (χ3v) is 6.21. The third kappa shape index (κ3) is 4.88. The van der Waals surface area contributed by atoms with Gasteiger partial charge in [0.1, 0.15) is 0 Å². The monoisotopic (exact) mass is 369 g/mol. The molecule has 5 nitrogen and oxygen atoms in total. The largest absolute Gasteiger partial charge is 0.342 e. The Bertz CT molecular complexity index is 485. The predicted molar refractivity (Wildman–Crippen MR) is 99.6 cm³/mol. The highest BCUT2D eigenvalue weighted by atomic mass is 35.5. The summed E-state index contributed by atoms with van der Waals surface area (Å²) in [6, 6.07) is 0.592. The van der Waals surface area contributed by atoms with E-state index in [0.717, 1.165) is 64.1 Å². The number of halogens is 1. The van der Waals surface area contributed by atoms with E-state index in [1.807, 2.05) is 4.90 Å². The second kappa shape index (κ2) is 8.26. The Hall–Kier alpha value is -0.810. The number of hydrogen-bond acceptors (Lipinski definition) is 3. The number of carbonyl (C=O) groups is 2. The summed E-state index contributed by atoms with van der Waals surface area (Å²) in [5.41, 5.74) is 0. The number of hydrogen-bond donors (Lipinski definition) is 1. The van der Waals surface area contributed by atoms with Crippen molar-refractivity contribution in [2.75, 3.05) is 32.7 Å². The number of nitrogens with zero attached hydrogens (tertiary/aromatic N) is 2. The summed E-state index contributed by atoms with van der Waals surface area (Å²) in [6.07, 6.45) is 8.97. The van der Waals surface area contributed by atoms with E-state index in [-0.39, 0.29) is 24.2 Å². The summed E-state index contributed by atoms with van der Waals surface area (Å²) < 4.78 is 0. The minimum absolute atomic E-state index is 0. The Labute approximate surface area is 157 Å². The van der Waals surface area contributed by atoms with Crippen LogP contribution >= 0.6 is 12.4 Å². The molecule has 0 aromatic heterocycles. The standard InChI is InChI=1S/C19H31N3O2.ClH/c23-18(15-5-6-15)22-9-1-2-16(13-22)19(24)21-10-7-17(8-11-21)20-12-14-3-4-14;/h14-17,20H,1-13H2;1H. The van der Waals surface area contributed by atoms with Crippen LogP contribution in [0.4, 0.5) is 0 Å². The molecule has 2 amide bonds. The summed E-state index contributed by atoms with van der Waals surface area (Å²) >= 11 is 0. The second-order valence-corrected chi connectivity index (χ2v) is 8.35. The fraction of sp³-hybridized carbons (Fsp3) is 0.895. The van der Waals surface area contributed by atoms with E-state index in [2.05, 4.69) is 10.2 Å². The molecule has 0 aromatic rings. The molecule has 142 valence electrons. The number of likely N-dealkylation sites (tertiary alicyclic amines) is 2. The van der Waals surface area contributed by atoms with Crippen LogP contribution in [-0.2, 0) is 9.59 Å². The SMILES string of the molecule is Cl.O=C(C1CCCN(C(=O)C2CC2)C1)N1CCC(NCC2CC2)CC1. The molecule has 2 aliphatic carbocycles. The van der Waals surface area contributed by atoms with Gasteiger partial charge in [-0.25, -0.2) is 0 Å². The van der Waals surface area contributed by atoms with Gasteiger partial charge in [-0.2, -0.15) is 0 Å². The topological polar surface area (TPSA) is 52.7 Å². The lowest BCUT2D eigenvalue weighted by atomic mass is 9.94. The number of amides is 2. The molecular formula is C19H32ClN3O2. The van der Waals surface area contributed by atoms with Crippen LogP contribution in [0, 0.1) is 17.8 Å². The van der Waals surface area contributed by atoms with Crippen LogP contribution in [0.15, 0.2) is 0 Å². The van der Waals surface area contributed by atoms with E-state index in [1.54, 1.807) is 0 Å². The maximum absolute atomic E-state index is 12.9. The highest BCUT2D eigenvalue weighted by Crippen LogP contribution is 2.33. The van der Waals surface area contributed by atoms with Gasteiger partial charge in [0.15, 0.2) is 0 Å². The summed E-state index contributed by atoms with van der Waals surface area (Å²) in [4.78, 5) is 29.2. The first-order valence-corrected chi connectivity index (χ1v) is 10.0. The fourth-order valence-corrected chi connectivity index (χ4v) is 4.18. The van der Waals surface area contributed by atoms with Crippen molar-refractivity contribution in [1.29, 1.82) is 0 Å². The van der Waals surface area contributed by atoms with Gasteiger partial charge in [0, 0.05) is 38.1 Å². The molecule has 1 atom stereocenters. The normalized spacial score (nSPS) is 27.8. The molecule has 2 aliphatic heterocycles. The first-order chi connectivity index (χ1) is 11.7. The Morgan fingerprint density at radius 1 is 0.800 bits per heavy atom. The van der Waals surface area contributed by atoms with Crippen LogP contribution < -0.4 is 5.32 Å². The zero-order valence-electron chi connectivity index (χ0n) is 15.1. The van der Waals surface area contributed by atoms with Crippen molar-refractivity contribution in [3.05, 3.63) is 0 Å². The van der Waals surface area contributed by atoms with E-state index >= 15 is 0 Å². The van der Waals surface area contributed by atoms with Crippen molar-refractivity contribution >= 4 is 24.2 Å². The lowest BCUT2D eigenvalue weighted by Gasteiger charge is -2.38. The zero-order valence-corrected chi connectivity index (χ0v) is 15.9. The third-order valence-electron chi connectivity index (χ3n) is 6.21. The molecule has 0 spiro atoms. The number of nitrogens with one attached hydrogen (secondary N) is 1. The molecule has 2 saturated carbocycles. The molecule has 1 unspecified atom stereocenters. The van der Waals surface area contributed by atoms with Crippen molar-refractivity contribution in [3.8, 4) is 0 Å². The maximum Gasteiger partial charge on any atom is 0.227 e. The second-order valence-electron chi connectivity index (χ2n) is 8.35. The summed E-state index contributed by atoms with van der Waals surface area (Å²) in [5, 5.41) is 3.67. The van der Waals surface area contributed by atoms with Gasteiger partial charge in [-0.3, -0.25) is 9.59 Å². The van der Waals surface area contributed by atoms with Crippen molar-refractivity contribution in [1.82, 2.24) is 15.1 Å². The predicted octanol–water partition coefficient (Wildman–Crippen LogP) is 2.05. The van der Waals surface area contributed by atoms with Crippen LogP contribution in [-0.4, -0.2) is 60.4 Å². The van der Waals surface area contributed by atoms with E-state index < -0.39 is 0 Å². The summed E-state index contributed by atoms with van der Waals surface area (Å²) in [6.45, 7) is 4.45. The van der Waals surface area contributed by atoms with E-state index in [9.17, 15) is 9.59 Å². The first-order valence-electron chi connectivity index (χ1n) is 10.0. The van der Waals surface area contributed by atoms with Crippen LogP contribution in [0.25, 0.3) is 0 Å². The highest BCUT2D eigenvalue weighted by Gasteiger charge is 2.38. The van der Waals surface area contributed by atoms with Crippen LogP contribution in [0.1, 0.15) is 51.4 Å². The van der Waals surface area contributed by atoms with Crippen molar-refractivity contribution < 1.29 is 9.59 Å². The smallest absolute Gasteiger partial charge is 0.227 e. The van der Waals surface area contributed by atoms with E-state index in [1.165, 1.54) is 19.4 Å². The number of carbonyl (C=O) groups excluding carboxylic acids is 2. The molecule has 2 saturated heterocycles. The zero-order chi connectivity index (χ0) is 16.5. The lowest BCUT2D eigenvalue weighted by Crippen LogP contribution is -2.51. The molecule has 2 heterocycles. The van der Waals surface area contributed by atoms with Gasteiger partial charge in [-0.05, 0) is 63.8 Å².